The molecular weight excluding hydrogens is 408 g/mol. The largest absolute Gasteiger partial charge is 0.355 e. The second-order valence-corrected chi connectivity index (χ2v) is 9.21. The molecule has 1 N–H and O–H groups in total. The minimum absolute atomic E-state index is 0.0262. The van der Waals surface area contributed by atoms with Gasteiger partial charge in [0.2, 0.25) is 11.8 Å². The lowest BCUT2D eigenvalue weighted by Crippen LogP contribution is -2.39. The van der Waals surface area contributed by atoms with Crippen molar-refractivity contribution in [3.63, 3.8) is 0 Å². The number of aromatic nitrogens is 2. The molecule has 9 nitrogen and oxygen atoms in total. The summed E-state index contributed by atoms with van der Waals surface area (Å²) in [5.41, 5.74) is 2.39. The van der Waals surface area contributed by atoms with Crippen molar-refractivity contribution in [1.29, 1.82) is 0 Å². The monoisotopic (exact) mass is 444 g/mol. The Balaban J connectivity index is 1.26. The molecule has 4 rings (SSSR count). The van der Waals surface area contributed by atoms with Crippen LogP contribution < -0.4 is 5.32 Å². The average molecular weight is 445 g/mol. The summed E-state index contributed by atoms with van der Waals surface area (Å²) in [6.45, 7) is 6.29. The SMILES string of the molecule is Cn1nc(C(=O)N2CCCC2)c2c1CCN(C(=O)CCC(=O)NCCN1CCCCC1)C2. The number of aryl methyl sites for hydroxylation is 1. The molecule has 32 heavy (non-hydrogen) atoms. The highest BCUT2D eigenvalue weighted by Gasteiger charge is 2.32. The number of hydrogen-bond donors (Lipinski definition) is 1. The van der Waals surface area contributed by atoms with Crippen LogP contribution in [0.5, 0.6) is 0 Å². The summed E-state index contributed by atoms with van der Waals surface area (Å²) in [5, 5.41) is 7.44. The van der Waals surface area contributed by atoms with Gasteiger partial charge in [0.05, 0.1) is 0 Å². The van der Waals surface area contributed by atoms with Crippen molar-refractivity contribution in [3.8, 4) is 0 Å². The van der Waals surface area contributed by atoms with Crippen LogP contribution in [0.15, 0.2) is 0 Å². The highest BCUT2D eigenvalue weighted by atomic mass is 16.2. The molecule has 0 unspecified atom stereocenters. The van der Waals surface area contributed by atoms with Gasteiger partial charge in [-0.15, -0.1) is 0 Å². The summed E-state index contributed by atoms with van der Waals surface area (Å²) in [6.07, 6.45) is 6.92. The highest BCUT2D eigenvalue weighted by Crippen LogP contribution is 2.25. The van der Waals surface area contributed by atoms with E-state index in [0.29, 0.717) is 31.7 Å². The molecule has 0 aromatic carbocycles. The number of rotatable bonds is 7. The van der Waals surface area contributed by atoms with E-state index < -0.39 is 0 Å². The molecule has 0 bridgehead atoms. The minimum atomic E-state index is -0.0701. The molecule has 4 heterocycles. The van der Waals surface area contributed by atoms with Gasteiger partial charge in [-0.2, -0.15) is 5.10 Å². The van der Waals surface area contributed by atoms with E-state index in [-0.39, 0.29) is 30.6 Å². The molecule has 9 heteroatoms. The van der Waals surface area contributed by atoms with Crippen LogP contribution >= 0.6 is 0 Å². The van der Waals surface area contributed by atoms with Gasteiger partial charge in [0, 0.05) is 76.8 Å². The van der Waals surface area contributed by atoms with Gasteiger partial charge < -0.3 is 20.0 Å². The first-order valence-electron chi connectivity index (χ1n) is 12.1. The Hall–Kier alpha value is -2.42. The van der Waals surface area contributed by atoms with Crippen molar-refractivity contribution in [3.05, 3.63) is 17.0 Å². The van der Waals surface area contributed by atoms with E-state index in [1.165, 1.54) is 19.3 Å². The molecule has 2 saturated heterocycles. The van der Waals surface area contributed by atoms with Gasteiger partial charge in [0.25, 0.3) is 5.91 Å². The molecule has 0 aliphatic carbocycles. The smallest absolute Gasteiger partial charge is 0.274 e. The minimum Gasteiger partial charge on any atom is -0.355 e. The number of likely N-dealkylation sites (tertiary alicyclic amines) is 2. The molecular formula is C23H36N6O3. The zero-order valence-electron chi connectivity index (χ0n) is 19.3. The Morgan fingerprint density at radius 2 is 1.62 bits per heavy atom. The van der Waals surface area contributed by atoms with E-state index in [4.69, 9.17) is 0 Å². The molecule has 3 amide bonds. The molecule has 1 aromatic heterocycles. The van der Waals surface area contributed by atoms with E-state index in [1.54, 1.807) is 9.58 Å². The molecule has 0 spiro atoms. The van der Waals surface area contributed by atoms with Crippen LogP contribution in [-0.2, 0) is 29.6 Å². The van der Waals surface area contributed by atoms with Gasteiger partial charge in [-0.25, -0.2) is 0 Å². The van der Waals surface area contributed by atoms with Gasteiger partial charge >= 0.3 is 0 Å². The van der Waals surface area contributed by atoms with Crippen LogP contribution in [0.1, 0.15) is 66.7 Å². The normalized spacial score (nSPS) is 19.2. The Morgan fingerprint density at radius 3 is 2.38 bits per heavy atom. The lowest BCUT2D eigenvalue weighted by molar-refractivity contribution is -0.134. The van der Waals surface area contributed by atoms with Gasteiger partial charge in [-0.05, 0) is 38.8 Å². The van der Waals surface area contributed by atoms with Crippen LogP contribution in [0.4, 0.5) is 0 Å². The lowest BCUT2D eigenvalue weighted by atomic mass is 10.0. The van der Waals surface area contributed by atoms with E-state index in [9.17, 15) is 14.4 Å². The fraction of sp³-hybridized carbons (Fsp3) is 0.739. The third-order valence-electron chi connectivity index (χ3n) is 6.96. The summed E-state index contributed by atoms with van der Waals surface area (Å²) >= 11 is 0. The van der Waals surface area contributed by atoms with E-state index >= 15 is 0 Å². The molecule has 176 valence electrons. The molecule has 1 aromatic rings. The van der Waals surface area contributed by atoms with Crippen LogP contribution in [0.25, 0.3) is 0 Å². The van der Waals surface area contributed by atoms with Crippen LogP contribution in [0, 0.1) is 0 Å². The second kappa shape index (κ2) is 10.5. The summed E-state index contributed by atoms with van der Waals surface area (Å²) < 4.78 is 1.79. The standard InChI is InChI=1S/C23H36N6O3/c1-26-19-9-15-29(17-18(19)22(25-26)23(32)28-13-5-6-14-28)21(31)8-7-20(30)24-10-16-27-11-3-2-4-12-27/h2-17H2,1H3,(H,24,30). The first kappa shape index (κ1) is 22.8. The molecule has 0 saturated carbocycles. The maximum atomic E-state index is 12.9. The van der Waals surface area contributed by atoms with E-state index in [1.807, 2.05) is 11.9 Å². The number of fused-ring (bicyclic) bond motifs is 1. The molecule has 0 radical (unpaired) electrons. The van der Waals surface area contributed by atoms with Crippen LogP contribution in [0.2, 0.25) is 0 Å². The first-order valence-corrected chi connectivity index (χ1v) is 12.1. The van der Waals surface area contributed by atoms with E-state index in [2.05, 4.69) is 15.3 Å². The predicted octanol–water partition coefficient (Wildman–Crippen LogP) is 0.923. The number of amides is 3. The number of piperidine rings is 1. The van der Waals surface area contributed by atoms with Crippen molar-refractivity contribution in [1.82, 2.24) is 29.8 Å². The fourth-order valence-corrected chi connectivity index (χ4v) is 5.05. The molecule has 0 atom stereocenters. The second-order valence-electron chi connectivity index (χ2n) is 9.21. The van der Waals surface area contributed by atoms with Crippen molar-refractivity contribution in [2.75, 3.05) is 45.8 Å². The lowest BCUT2D eigenvalue weighted by Gasteiger charge is -2.28. The number of carbonyl (C=O) groups is 3. The number of nitrogens with zero attached hydrogens (tertiary/aromatic N) is 5. The summed E-state index contributed by atoms with van der Waals surface area (Å²) in [5.74, 6) is -0.133. The Morgan fingerprint density at radius 1 is 0.906 bits per heavy atom. The van der Waals surface area contributed by atoms with Gasteiger partial charge in [0.1, 0.15) is 0 Å². The summed E-state index contributed by atoms with van der Waals surface area (Å²) in [7, 11) is 1.87. The van der Waals surface area contributed by atoms with Gasteiger partial charge in [-0.1, -0.05) is 6.42 Å². The fourth-order valence-electron chi connectivity index (χ4n) is 5.05. The highest BCUT2D eigenvalue weighted by molar-refractivity contribution is 5.94. The quantitative estimate of drug-likeness (QED) is 0.676. The molecule has 2 fully saturated rings. The van der Waals surface area contributed by atoms with Crippen molar-refractivity contribution >= 4 is 17.7 Å². The Bertz CT molecular complexity index is 839. The predicted molar refractivity (Wildman–Crippen MR) is 120 cm³/mol. The molecule has 3 aliphatic rings. The zero-order valence-corrected chi connectivity index (χ0v) is 19.3. The van der Waals surface area contributed by atoms with Crippen LogP contribution in [0.3, 0.4) is 0 Å². The first-order chi connectivity index (χ1) is 15.5. The Kier molecular flexibility index (Phi) is 7.44. The third-order valence-corrected chi connectivity index (χ3v) is 6.96. The summed E-state index contributed by atoms with van der Waals surface area (Å²) in [6, 6.07) is 0. The van der Waals surface area contributed by atoms with Crippen molar-refractivity contribution in [2.24, 2.45) is 7.05 Å². The summed E-state index contributed by atoms with van der Waals surface area (Å²) in [4.78, 5) is 43.9. The van der Waals surface area contributed by atoms with E-state index in [0.717, 1.165) is 56.8 Å². The van der Waals surface area contributed by atoms with Gasteiger partial charge in [-0.3, -0.25) is 19.1 Å². The average Bonchev–Trinajstić information content (AvgIpc) is 3.46. The van der Waals surface area contributed by atoms with Gasteiger partial charge in [0.15, 0.2) is 5.69 Å². The molecule has 3 aliphatic heterocycles. The number of hydrogen-bond acceptors (Lipinski definition) is 5. The third kappa shape index (κ3) is 5.31. The topological polar surface area (TPSA) is 90.8 Å². The van der Waals surface area contributed by atoms with Crippen molar-refractivity contribution in [2.45, 2.75) is 57.9 Å². The maximum Gasteiger partial charge on any atom is 0.274 e. The van der Waals surface area contributed by atoms with Crippen LogP contribution in [-0.4, -0.2) is 88.0 Å². The van der Waals surface area contributed by atoms with Crippen molar-refractivity contribution < 1.29 is 14.4 Å². The Labute approximate surface area is 190 Å². The zero-order chi connectivity index (χ0) is 22.5. The number of carbonyl (C=O) groups excluding carboxylic acids is 3. The maximum absolute atomic E-state index is 12.9. The number of nitrogens with one attached hydrogen (secondary N) is 1.